The second-order valence-corrected chi connectivity index (χ2v) is 5.63. The zero-order valence-electron chi connectivity index (χ0n) is 11.3. The van der Waals surface area contributed by atoms with E-state index in [0.717, 1.165) is 12.8 Å². The van der Waals surface area contributed by atoms with Crippen molar-refractivity contribution in [1.82, 2.24) is 0 Å². The van der Waals surface area contributed by atoms with Gasteiger partial charge in [-0.2, -0.15) is 0 Å². The molecule has 96 valence electrons. The summed E-state index contributed by atoms with van der Waals surface area (Å²) >= 11 is 0. The maximum atomic E-state index is 2.45. The fourth-order valence-corrected chi connectivity index (χ4v) is 3.15. The van der Waals surface area contributed by atoms with Crippen LogP contribution in [0.4, 0.5) is 0 Å². The highest BCUT2D eigenvalue weighted by molar-refractivity contribution is 5.25. The summed E-state index contributed by atoms with van der Waals surface area (Å²) in [5.74, 6) is 0. The summed E-state index contributed by atoms with van der Waals surface area (Å²) in [7, 11) is 0. The van der Waals surface area contributed by atoms with Gasteiger partial charge in [0.15, 0.2) is 0 Å². The summed E-state index contributed by atoms with van der Waals surface area (Å²) in [5, 5.41) is 0. The van der Waals surface area contributed by atoms with Crippen LogP contribution in [0.5, 0.6) is 0 Å². The first kappa shape index (κ1) is 12.2. The van der Waals surface area contributed by atoms with E-state index in [1.807, 2.05) is 0 Å². The fraction of sp³-hybridized carbons (Fsp3) is 0.263. The lowest BCUT2D eigenvalue weighted by molar-refractivity contribution is 0.369. The summed E-state index contributed by atoms with van der Waals surface area (Å²) < 4.78 is 0. The quantitative estimate of drug-likeness (QED) is 0.681. The van der Waals surface area contributed by atoms with Crippen molar-refractivity contribution in [3.05, 3.63) is 83.9 Å². The predicted molar refractivity (Wildman–Crippen MR) is 81.1 cm³/mol. The molecule has 0 nitrogen and oxygen atoms in total. The molecule has 0 bridgehead atoms. The standard InChI is InChI=1S/C19H20/c1-3-9-17(10-4-1)15-19(13-7-8-14-19)16-18-11-5-2-6-12-18/h1-7,9-13H,8,14-16H2. The summed E-state index contributed by atoms with van der Waals surface area (Å²) in [6.45, 7) is 0. The van der Waals surface area contributed by atoms with Crippen molar-refractivity contribution in [1.29, 1.82) is 0 Å². The Bertz CT molecular complexity index is 495. The van der Waals surface area contributed by atoms with Gasteiger partial charge in [0.1, 0.15) is 0 Å². The third-order valence-corrected chi connectivity index (χ3v) is 4.08. The van der Waals surface area contributed by atoms with E-state index in [2.05, 4.69) is 72.8 Å². The molecule has 1 aliphatic rings. The lowest BCUT2D eigenvalue weighted by Gasteiger charge is -2.28. The number of rotatable bonds is 4. The molecule has 0 heteroatoms. The van der Waals surface area contributed by atoms with Crippen molar-refractivity contribution in [2.45, 2.75) is 25.7 Å². The molecule has 0 unspecified atom stereocenters. The van der Waals surface area contributed by atoms with Crippen LogP contribution in [0.25, 0.3) is 0 Å². The number of hydrogen-bond acceptors (Lipinski definition) is 0. The molecule has 0 aromatic heterocycles. The van der Waals surface area contributed by atoms with Crippen molar-refractivity contribution in [3.63, 3.8) is 0 Å². The van der Waals surface area contributed by atoms with Crippen molar-refractivity contribution in [2.24, 2.45) is 5.41 Å². The van der Waals surface area contributed by atoms with Crippen LogP contribution in [0.2, 0.25) is 0 Å². The molecule has 0 atom stereocenters. The first-order chi connectivity index (χ1) is 9.36. The Balaban J connectivity index is 1.82. The van der Waals surface area contributed by atoms with Crippen LogP contribution in [0.1, 0.15) is 24.0 Å². The van der Waals surface area contributed by atoms with Crippen molar-refractivity contribution >= 4 is 0 Å². The van der Waals surface area contributed by atoms with Gasteiger partial charge in [0.2, 0.25) is 0 Å². The van der Waals surface area contributed by atoms with Gasteiger partial charge in [-0.05, 0) is 42.2 Å². The van der Waals surface area contributed by atoms with Crippen LogP contribution in [-0.2, 0) is 12.8 Å². The average Bonchev–Trinajstić information content (AvgIpc) is 2.89. The SMILES string of the molecule is C1=CC(Cc2ccccc2)(Cc2ccccc2)CC1. The molecule has 0 spiro atoms. The third kappa shape index (κ3) is 2.96. The summed E-state index contributed by atoms with van der Waals surface area (Å²) in [4.78, 5) is 0. The van der Waals surface area contributed by atoms with E-state index >= 15 is 0 Å². The van der Waals surface area contributed by atoms with Crippen LogP contribution < -0.4 is 0 Å². The molecule has 3 rings (SSSR count). The summed E-state index contributed by atoms with van der Waals surface area (Å²) in [5.41, 5.74) is 3.22. The van der Waals surface area contributed by atoms with E-state index in [-0.39, 0.29) is 0 Å². The van der Waals surface area contributed by atoms with E-state index in [1.54, 1.807) is 0 Å². The predicted octanol–water partition coefficient (Wildman–Crippen LogP) is 4.81. The minimum Gasteiger partial charge on any atom is -0.0879 e. The van der Waals surface area contributed by atoms with Gasteiger partial charge >= 0.3 is 0 Å². The normalized spacial score (nSPS) is 16.6. The maximum Gasteiger partial charge on any atom is -0.00346 e. The van der Waals surface area contributed by atoms with E-state index in [4.69, 9.17) is 0 Å². The highest BCUT2D eigenvalue weighted by atomic mass is 14.3. The van der Waals surface area contributed by atoms with Gasteiger partial charge in [0, 0.05) is 0 Å². The molecule has 0 saturated heterocycles. The van der Waals surface area contributed by atoms with Gasteiger partial charge in [-0.25, -0.2) is 0 Å². The van der Waals surface area contributed by atoms with E-state index in [0.29, 0.717) is 5.41 Å². The third-order valence-electron chi connectivity index (χ3n) is 4.08. The van der Waals surface area contributed by atoms with E-state index in [1.165, 1.54) is 24.0 Å². The highest BCUT2D eigenvalue weighted by Gasteiger charge is 2.30. The zero-order chi connectivity index (χ0) is 13.0. The average molecular weight is 248 g/mol. The highest BCUT2D eigenvalue weighted by Crippen LogP contribution is 2.38. The zero-order valence-corrected chi connectivity index (χ0v) is 11.3. The number of allylic oxidation sites excluding steroid dienone is 2. The minimum atomic E-state index is 0.322. The molecule has 19 heavy (non-hydrogen) atoms. The van der Waals surface area contributed by atoms with E-state index < -0.39 is 0 Å². The molecule has 2 aromatic rings. The Kier molecular flexibility index (Phi) is 3.50. The molecule has 0 fully saturated rings. The summed E-state index contributed by atoms with van der Waals surface area (Å²) in [6, 6.07) is 21.8. The van der Waals surface area contributed by atoms with Gasteiger partial charge in [-0.1, -0.05) is 72.8 Å². The Morgan fingerprint density at radius 3 is 1.68 bits per heavy atom. The summed E-state index contributed by atoms with van der Waals surface area (Å²) in [6.07, 6.45) is 9.60. The molecule has 0 N–H and O–H groups in total. The lowest BCUT2D eigenvalue weighted by Crippen LogP contribution is -2.21. The first-order valence-corrected chi connectivity index (χ1v) is 7.12. The molecule has 0 saturated carbocycles. The van der Waals surface area contributed by atoms with Gasteiger partial charge in [-0.15, -0.1) is 0 Å². The molecule has 0 heterocycles. The Hall–Kier alpha value is -1.82. The molecule has 0 aliphatic heterocycles. The first-order valence-electron chi connectivity index (χ1n) is 7.12. The Morgan fingerprint density at radius 1 is 0.737 bits per heavy atom. The van der Waals surface area contributed by atoms with Gasteiger partial charge in [0.05, 0.1) is 0 Å². The molecule has 0 amide bonds. The van der Waals surface area contributed by atoms with Crippen LogP contribution in [-0.4, -0.2) is 0 Å². The second-order valence-electron chi connectivity index (χ2n) is 5.63. The van der Waals surface area contributed by atoms with Gasteiger partial charge < -0.3 is 0 Å². The molecule has 1 aliphatic carbocycles. The fourth-order valence-electron chi connectivity index (χ4n) is 3.15. The second kappa shape index (κ2) is 5.44. The largest absolute Gasteiger partial charge is 0.0879 e. The maximum absolute atomic E-state index is 2.45. The molecule has 0 radical (unpaired) electrons. The number of benzene rings is 2. The van der Waals surface area contributed by atoms with Gasteiger partial charge in [-0.3, -0.25) is 0 Å². The molecular weight excluding hydrogens is 228 g/mol. The van der Waals surface area contributed by atoms with Crippen LogP contribution in [0.15, 0.2) is 72.8 Å². The Morgan fingerprint density at radius 2 is 1.26 bits per heavy atom. The minimum absolute atomic E-state index is 0.322. The monoisotopic (exact) mass is 248 g/mol. The molecule has 2 aromatic carbocycles. The van der Waals surface area contributed by atoms with Crippen molar-refractivity contribution in [3.8, 4) is 0 Å². The van der Waals surface area contributed by atoms with Crippen LogP contribution in [0, 0.1) is 5.41 Å². The van der Waals surface area contributed by atoms with Crippen LogP contribution >= 0.6 is 0 Å². The van der Waals surface area contributed by atoms with E-state index in [9.17, 15) is 0 Å². The number of hydrogen-bond donors (Lipinski definition) is 0. The Labute approximate surface area is 115 Å². The van der Waals surface area contributed by atoms with Crippen LogP contribution in [0.3, 0.4) is 0 Å². The van der Waals surface area contributed by atoms with Crippen molar-refractivity contribution in [2.75, 3.05) is 0 Å². The topological polar surface area (TPSA) is 0 Å². The smallest absolute Gasteiger partial charge is 0.00346 e. The lowest BCUT2D eigenvalue weighted by atomic mass is 9.76. The van der Waals surface area contributed by atoms with Gasteiger partial charge in [0.25, 0.3) is 0 Å². The molecular formula is C19H20. The van der Waals surface area contributed by atoms with Crippen molar-refractivity contribution < 1.29 is 0 Å².